The van der Waals surface area contributed by atoms with Gasteiger partial charge in [0.2, 0.25) is 0 Å². The Balaban J connectivity index is 1.87. The van der Waals surface area contributed by atoms with Gasteiger partial charge in [0, 0.05) is 17.8 Å². The largest absolute Gasteiger partial charge is 0.343 e. The van der Waals surface area contributed by atoms with E-state index in [1.54, 1.807) is 56.5 Å². The number of nitrogens with one attached hydrogen (secondary N) is 2. The minimum absolute atomic E-state index is 0.277. The predicted octanol–water partition coefficient (Wildman–Crippen LogP) is 2.74. The molecule has 0 saturated heterocycles. The first-order valence-electron chi connectivity index (χ1n) is 8.90. The molecule has 1 aliphatic heterocycles. The van der Waals surface area contributed by atoms with Gasteiger partial charge in [0.05, 0.1) is 5.69 Å². The van der Waals surface area contributed by atoms with Crippen molar-refractivity contribution in [2.45, 2.75) is 43.4 Å². The molecule has 0 saturated carbocycles. The van der Waals surface area contributed by atoms with Gasteiger partial charge in [0.1, 0.15) is 4.21 Å². The number of thiophene rings is 1. The number of anilines is 2. The molecule has 0 fully saturated rings. The van der Waals surface area contributed by atoms with Crippen molar-refractivity contribution in [1.29, 1.82) is 0 Å². The third-order valence-electron chi connectivity index (χ3n) is 4.15. The van der Waals surface area contributed by atoms with Gasteiger partial charge in [-0.05, 0) is 62.8 Å². The minimum Gasteiger partial charge on any atom is -0.343 e. The normalized spacial score (nSPS) is 14.3. The maximum atomic E-state index is 13.0. The van der Waals surface area contributed by atoms with E-state index in [-0.39, 0.29) is 4.21 Å². The van der Waals surface area contributed by atoms with Crippen LogP contribution in [0.2, 0.25) is 0 Å². The molecule has 2 heterocycles. The van der Waals surface area contributed by atoms with Crippen LogP contribution in [-0.2, 0) is 26.0 Å². The molecular weight excluding hydrogens is 398 g/mol. The van der Waals surface area contributed by atoms with Crippen LogP contribution in [0.15, 0.2) is 39.9 Å². The molecule has 1 aromatic carbocycles. The van der Waals surface area contributed by atoms with E-state index in [9.17, 15) is 18.0 Å². The van der Waals surface area contributed by atoms with E-state index in [2.05, 4.69) is 10.6 Å². The Morgan fingerprint density at radius 3 is 2.54 bits per heavy atom. The molecule has 2 N–H and O–H groups in total. The van der Waals surface area contributed by atoms with Crippen LogP contribution in [0.1, 0.15) is 32.8 Å². The monoisotopic (exact) mass is 421 g/mol. The van der Waals surface area contributed by atoms with Crippen LogP contribution in [0, 0.1) is 0 Å². The average molecular weight is 422 g/mol. The third kappa shape index (κ3) is 4.36. The van der Waals surface area contributed by atoms with Crippen molar-refractivity contribution in [1.82, 2.24) is 5.32 Å². The zero-order valence-electron chi connectivity index (χ0n) is 16.0. The van der Waals surface area contributed by atoms with Crippen LogP contribution in [0.25, 0.3) is 0 Å². The molecule has 0 bridgehead atoms. The number of fused-ring (bicyclic) bond motifs is 1. The molecular formula is C19H23N3O4S2. The molecule has 1 aliphatic rings. The number of hydrogen-bond acceptors (Lipinski definition) is 5. The molecule has 3 rings (SSSR count). The molecule has 150 valence electrons. The molecule has 2 aromatic rings. The summed E-state index contributed by atoms with van der Waals surface area (Å²) in [5.41, 5.74) is 1.27. The van der Waals surface area contributed by atoms with Crippen LogP contribution in [0.4, 0.5) is 11.4 Å². The molecule has 0 aliphatic carbocycles. The highest BCUT2D eigenvalue weighted by atomic mass is 32.2. The first-order valence-corrected chi connectivity index (χ1v) is 11.2. The second kappa shape index (κ2) is 7.56. The third-order valence-corrected chi connectivity index (χ3v) is 7.34. The molecule has 0 radical (unpaired) electrons. The van der Waals surface area contributed by atoms with E-state index < -0.39 is 27.4 Å². The summed E-state index contributed by atoms with van der Waals surface area (Å²) in [6.45, 7) is 5.72. The van der Waals surface area contributed by atoms with Crippen molar-refractivity contribution in [2.75, 3.05) is 16.2 Å². The lowest BCUT2D eigenvalue weighted by Gasteiger charge is -2.30. The fourth-order valence-corrected chi connectivity index (χ4v) is 5.61. The molecule has 1 aromatic heterocycles. The van der Waals surface area contributed by atoms with Gasteiger partial charge in [0.15, 0.2) is 0 Å². The van der Waals surface area contributed by atoms with E-state index in [4.69, 9.17) is 0 Å². The highest BCUT2D eigenvalue weighted by molar-refractivity contribution is 7.94. The summed E-state index contributed by atoms with van der Waals surface area (Å²) in [4.78, 5) is 24.2. The lowest BCUT2D eigenvalue weighted by Crippen LogP contribution is -2.46. The second-order valence-electron chi connectivity index (χ2n) is 7.61. The van der Waals surface area contributed by atoms with Gasteiger partial charge in [-0.15, -0.1) is 11.3 Å². The summed E-state index contributed by atoms with van der Waals surface area (Å²) in [5.74, 6) is -1.54. The first-order chi connectivity index (χ1) is 13.1. The van der Waals surface area contributed by atoms with Crippen LogP contribution < -0.4 is 14.9 Å². The van der Waals surface area contributed by atoms with Gasteiger partial charge in [-0.25, -0.2) is 8.42 Å². The van der Waals surface area contributed by atoms with Crippen molar-refractivity contribution in [3.8, 4) is 0 Å². The highest BCUT2D eigenvalue weighted by Gasteiger charge is 2.30. The number of nitrogens with zero attached hydrogens (tertiary/aromatic N) is 1. The maximum absolute atomic E-state index is 13.0. The number of sulfonamides is 1. The number of benzene rings is 1. The molecule has 9 heteroatoms. The van der Waals surface area contributed by atoms with Crippen molar-refractivity contribution >= 4 is 44.5 Å². The van der Waals surface area contributed by atoms with Gasteiger partial charge in [0.25, 0.3) is 10.0 Å². The van der Waals surface area contributed by atoms with E-state index >= 15 is 0 Å². The van der Waals surface area contributed by atoms with Gasteiger partial charge >= 0.3 is 11.8 Å². The lowest BCUT2D eigenvalue weighted by molar-refractivity contribution is -0.137. The average Bonchev–Trinajstić information content (AvgIpc) is 3.15. The molecule has 2 amide bonds. The molecule has 0 atom stereocenters. The van der Waals surface area contributed by atoms with Crippen molar-refractivity contribution < 1.29 is 18.0 Å². The number of carbonyl (C=O) groups excluding carboxylic acids is 2. The number of rotatable bonds is 3. The molecule has 7 nitrogen and oxygen atoms in total. The molecule has 0 spiro atoms. The first kappa shape index (κ1) is 20.3. The Morgan fingerprint density at radius 1 is 1.14 bits per heavy atom. The number of aryl methyl sites for hydroxylation is 1. The number of hydrogen-bond donors (Lipinski definition) is 2. The van der Waals surface area contributed by atoms with E-state index in [0.717, 1.165) is 18.4 Å². The Kier molecular flexibility index (Phi) is 5.49. The van der Waals surface area contributed by atoms with Gasteiger partial charge in [-0.2, -0.15) is 0 Å². The minimum atomic E-state index is -3.66. The Bertz CT molecular complexity index is 993. The number of amides is 2. The summed E-state index contributed by atoms with van der Waals surface area (Å²) in [6, 6.07) is 8.37. The van der Waals surface area contributed by atoms with Crippen LogP contribution >= 0.6 is 11.3 Å². The van der Waals surface area contributed by atoms with Gasteiger partial charge in [-0.3, -0.25) is 13.9 Å². The maximum Gasteiger partial charge on any atom is 0.313 e. The Hall–Kier alpha value is -2.39. The summed E-state index contributed by atoms with van der Waals surface area (Å²) in [7, 11) is -3.66. The van der Waals surface area contributed by atoms with Gasteiger partial charge in [-0.1, -0.05) is 12.1 Å². The fraction of sp³-hybridized carbons (Fsp3) is 0.368. The topological polar surface area (TPSA) is 95.6 Å². The van der Waals surface area contributed by atoms with Crippen LogP contribution in [0.5, 0.6) is 0 Å². The fourth-order valence-electron chi connectivity index (χ4n) is 2.97. The van der Waals surface area contributed by atoms with E-state index in [0.29, 0.717) is 17.9 Å². The second-order valence-corrected chi connectivity index (χ2v) is 10.7. The zero-order valence-corrected chi connectivity index (χ0v) is 17.6. The van der Waals surface area contributed by atoms with Gasteiger partial charge < -0.3 is 10.6 Å². The van der Waals surface area contributed by atoms with Crippen molar-refractivity contribution in [2.24, 2.45) is 0 Å². The molecule has 0 unspecified atom stereocenters. The van der Waals surface area contributed by atoms with Crippen LogP contribution in [0.3, 0.4) is 0 Å². The van der Waals surface area contributed by atoms with Crippen molar-refractivity contribution in [3.05, 3.63) is 41.3 Å². The number of carbonyl (C=O) groups is 2. The van der Waals surface area contributed by atoms with E-state index in [1.165, 1.54) is 15.6 Å². The van der Waals surface area contributed by atoms with Crippen LogP contribution in [-0.4, -0.2) is 32.3 Å². The van der Waals surface area contributed by atoms with Crippen molar-refractivity contribution in [3.63, 3.8) is 0 Å². The summed E-state index contributed by atoms with van der Waals surface area (Å²) in [5, 5.41) is 6.87. The highest BCUT2D eigenvalue weighted by Crippen LogP contribution is 2.35. The Morgan fingerprint density at radius 2 is 1.89 bits per heavy atom. The lowest BCUT2D eigenvalue weighted by atomic mass is 10.0. The quantitative estimate of drug-likeness (QED) is 0.745. The van der Waals surface area contributed by atoms with E-state index in [1.807, 2.05) is 0 Å². The summed E-state index contributed by atoms with van der Waals surface area (Å²) < 4.78 is 27.6. The zero-order chi connectivity index (χ0) is 20.5. The predicted molar refractivity (Wildman–Crippen MR) is 110 cm³/mol. The smallest absolute Gasteiger partial charge is 0.313 e. The summed E-state index contributed by atoms with van der Waals surface area (Å²) >= 11 is 1.17. The standard InChI is InChI=1S/C19H23N3O4S2/c1-19(2,3)21-18(24)17(23)20-14-9-8-13-6-4-10-22(15(13)12-14)28(25,26)16-7-5-11-27-16/h5,7-9,11-12H,4,6,10H2,1-3H3,(H,20,23)(H,21,24). The summed E-state index contributed by atoms with van der Waals surface area (Å²) in [6.07, 6.45) is 1.47. The SMILES string of the molecule is CC(C)(C)NC(=O)C(=O)Nc1ccc2c(c1)N(S(=O)(=O)c1cccs1)CCC2. The Labute approximate surface area is 168 Å². The molecule has 28 heavy (non-hydrogen) atoms.